The van der Waals surface area contributed by atoms with Crippen LogP contribution in [0.2, 0.25) is 0 Å². The second-order valence-electron chi connectivity index (χ2n) is 4.85. The highest BCUT2D eigenvalue weighted by Gasteiger charge is 2.06. The molecule has 4 heteroatoms. The van der Waals surface area contributed by atoms with Crippen molar-refractivity contribution >= 4 is 11.4 Å². The molecule has 0 spiro atoms. The maximum Gasteiger partial charge on any atom is 0.0522 e. The Kier molecular flexibility index (Phi) is 4.44. The van der Waals surface area contributed by atoms with Crippen LogP contribution in [0.25, 0.3) is 0 Å². The van der Waals surface area contributed by atoms with Crippen LogP contribution < -0.4 is 10.6 Å². The molecule has 0 unspecified atom stereocenters. The van der Waals surface area contributed by atoms with Gasteiger partial charge in [0.15, 0.2) is 0 Å². The Morgan fingerprint density at radius 2 is 1.95 bits per heavy atom. The third-order valence-electron chi connectivity index (χ3n) is 3.18. The standard InChI is InChI=1S/C15H22N4/c1-3-9-19(15-6-4-14(16)5-7-15)10-8-13-11-17-18(2)12-13/h4-7,11-12H,3,8-10,16H2,1-2H3. The maximum atomic E-state index is 5.74. The van der Waals surface area contributed by atoms with Crippen molar-refractivity contribution in [3.63, 3.8) is 0 Å². The molecule has 0 amide bonds. The molecular formula is C15H22N4. The first-order valence-corrected chi connectivity index (χ1v) is 6.77. The summed E-state index contributed by atoms with van der Waals surface area (Å²) in [6, 6.07) is 8.10. The second-order valence-corrected chi connectivity index (χ2v) is 4.85. The summed E-state index contributed by atoms with van der Waals surface area (Å²) < 4.78 is 1.85. The van der Waals surface area contributed by atoms with Crippen molar-refractivity contribution in [3.8, 4) is 0 Å². The molecule has 0 fully saturated rings. The highest BCUT2D eigenvalue weighted by atomic mass is 15.2. The number of aromatic nitrogens is 2. The Hall–Kier alpha value is -1.97. The van der Waals surface area contributed by atoms with Gasteiger partial charge in [0.05, 0.1) is 6.20 Å². The van der Waals surface area contributed by atoms with Crippen LogP contribution in [-0.2, 0) is 13.5 Å². The van der Waals surface area contributed by atoms with E-state index in [4.69, 9.17) is 5.73 Å². The molecular weight excluding hydrogens is 236 g/mol. The van der Waals surface area contributed by atoms with Gasteiger partial charge in [-0.25, -0.2) is 0 Å². The molecule has 0 aliphatic rings. The predicted molar refractivity (Wildman–Crippen MR) is 80.3 cm³/mol. The van der Waals surface area contributed by atoms with E-state index in [9.17, 15) is 0 Å². The first-order valence-electron chi connectivity index (χ1n) is 6.77. The molecule has 0 saturated heterocycles. The van der Waals surface area contributed by atoms with Gasteiger partial charge in [-0.3, -0.25) is 4.68 Å². The molecule has 0 bridgehead atoms. The van der Waals surface area contributed by atoms with Crippen molar-refractivity contribution in [2.75, 3.05) is 23.7 Å². The Balaban J connectivity index is 2.01. The number of nitrogen functional groups attached to an aromatic ring is 1. The first kappa shape index (κ1) is 13.5. The smallest absolute Gasteiger partial charge is 0.0522 e. The summed E-state index contributed by atoms with van der Waals surface area (Å²) in [4.78, 5) is 2.40. The van der Waals surface area contributed by atoms with Crippen LogP contribution in [0.4, 0.5) is 11.4 Å². The lowest BCUT2D eigenvalue weighted by Crippen LogP contribution is -2.26. The van der Waals surface area contributed by atoms with Gasteiger partial charge in [0.25, 0.3) is 0 Å². The minimum absolute atomic E-state index is 0.812. The maximum absolute atomic E-state index is 5.74. The van der Waals surface area contributed by atoms with E-state index in [-0.39, 0.29) is 0 Å². The summed E-state index contributed by atoms with van der Waals surface area (Å²) >= 11 is 0. The summed E-state index contributed by atoms with van der Waals surface area (Å²) in [5, 5.41) is 4.21. The summed E-state index contributed by atoms with van der Waals surface area (Å²) in [5.74, 6) is 0. The number of anilines is 2. The molecule has 0 radical (unpaired) electrons. The Bertz CT molecular complexity index is 501. The van der Waals surface area contributed by atoms with Crippen LogP contribution in [0.1, 0.15) is 18.9 Å². The Labute approximate surface area is 114 Å². The molecule has 0 atom stereocenters. The van der Waals surface area contributed by atoms with Crippen LogP contribution in [0, 0.1) is 0 Å². The number of nitrogens with two attached hydrogens (primary N) is 1. The zero-order valence-corrected chi connectivity index (χ0v) is 11.7. The van der Waals surface area contributed by atoms with Crippen molar-refractivity contribution in [2.24, 2.45) is 7.05 Å². The van der Waals surface area contributed by atoms with Gasteiger partial charge in [-0.2, -0.15) is 5.10 Å². The van der Waals surface area contributed by atoms with Crippen LogP contribution in [0.15, 0.2) is 36.7 Å². The van der Waals surface area contributed by atoms with Gasteiger partial charge in [0.1, 0.15) is 0 Å². The van der Waals surface area contributed by atoms with Crippen molar-refractivity contribution in [1.82, 2.24) is 9.78 Å². The predicted octanol–water partition coefficient (Wildman–Crippen LogP) is 2.46. The molecule has 0 aliphatic carbocycles. The van der Waals surface area contributed by atoms with Crippen LogP contribution in [0.3, 0.4) is 0 Å². The van der Waals surface area contributed by atoms with Crippen LogP contribution >= 0.6 is 0 Å². The summed E-state index contributed by atoms with van der Waals surface area (Å²) in [7, 11) is 1.95. The Morgan fingerprint density at radius 1 is 1.21 bits per heavy atom. The average molecular weight is 258 g/mol. The molecule has 2 N–H and O–H groups in total. The van der Waals surface area contributed by atoms with Crippen molar-refractivity contribution < 1.29 is 0 Å². The molecule has 2 aromatic rings. The lowest BCUT2D eigenvalue weighted by atomic mass is 10.2. The van der Waals surface area contributed by atoms with E-state index in [0.717, 1.165) is 31.6 Å². The van der Waals surface area contributed by atoms with E-state index >= 15 is 0 Å². The fraction of sp³-hybridized carbons (Fsp3) is 0.400. The topological polar surface area (TPSA) is 47.1 Å². The number of rotatable bonds is 6. The summed E-state index contributed by atoms with van der Waals surface area (Å²) in [6.45, 7) is 4.27. The van der Waals surface area contributed by atoms with Crippen LogP contribution in [0.5, 0.6) is 0 Å². The number of hydrogen-bond acceptors (Lipinski definition) is 3. The fourth-order valence-electron chi connectivity index (χ4n) is 2.19. The lowest BCUT2D eigenvalue weighted by molar-refractivity contribution is 0.752. The number of aryl methyl sites for hydroxylation is 1. The number of nitrogens with zero attached hydrogens (tertiary/aromatic N) is 3. The molecule has 1 aromatic carbocycles. The molecule has 2 rings (SSSR count). The van der Waals surface area contributed by atoms with E-state index in [1.54, 1.807) is 0 Å². The first-order chi connectivity index (χ1) is 9.19. The highest BCUT2D eigenvalue weighted by Crippen LogP contribution is 2.17. The lowest BCUT2D eigenvalue weighted by Gasteiger charge is -2.24. The van der Waals surface area contributed by atoms with E-state index in [1.165, 1.54) is 11.3 Å². The van der Waals surface area contributed by atoms with Crippen LogP contribution in [-0.4, -0.2) is 22.9 Å². The monoisotopic (exact) mass is 258 g/mol. The minimum Gasteiger partial charge on any atom is -0.399 e. The van der Waals surface area contributed by atoms with Crippen molar-refractivity contribution in [1.29, 1.82) is 0 Å². The van der Waals surface area contributed by atoms with Gasteiger partial charge in [-0.15, -0.1) is 0 Å². The van der Waals surface area contributed by atoms with Crippen molar-refractivity contribution in [2.45, 2.75) is 19.8 Å². The van der Waals surface area contributed by atoms with E-state index in [1.807, 2.05) is 30.1 Å². The molecule has 0 aliphatic heterocycles. The minimum atomic E-state index is 0.812. The third-order valence-corrected chi connectivity index (χ3v) is 3.18. The van der Waals surface area contributed by atoms with Gasteiger partial charge in [-0.1, -0.05) is 6.92 Å². The highest BCUT2D eigenvalue weighted by molar-refractivity contribution is 5.53. The summed E-state index contributed by atoms with van der Waals surface area (Å²) in [5.41, 5.74) is 9.06. The van der Waals surface area contributed by atoms with E-state index in [2.05, 4.69) is 35.3 Å². The zero-order chi connectivity index (χ0) is 13.7. The van der Waals surface area contributed by atoms with E-state index in [0.29, 0.717) is 0 Å². The molecule has 1 heterocycles. The van der Waals surface area contributed by atoms with Gasteiger partial charge >= 0.3 is 0 Å². The molecule has 1 aromatic heterocycles. The second kappa shape index (κ2) is 6.27. The quantitative estimate of drug-likeness (QED) is 0.810. The average Bonchev–Trinajstić information content (AvgIpc) is 2.81. The van der Waals surface area contributed by atoms with Gasteiger partial charge in [0, 0.05) is 37.7 Å². The fourth-order valence-corrected chi connectivity index (χ4v) is 2.19. The normalized spacial score (nSPS) is 10.6. The van der Waals surface area contributed by atoms with Crippen molar-refractivity contribution in [3.05, 3.63) is 42.2 Å². The zero-order valence-electron chi connectivity index (χ0n) is 11.7. The van der Waals surface area contributed by atoms with Gasteiger partial charge in [-0.05, 0) is 42.7 Å². The molecule has 4 nitrogen and oxygen atoms in total. The molecule has 0 saturated carbocycles. The van der Waals surface area contributed by atoms with Gasteiger partial charge < -0.3 is 10.6 Å². The SMILES string of the molecule is CCCN(CCc1cnn(C)c1)c1ccc(N)cc1. The number of benzene rings is 1. The summed E-state index contributed by atoms with van der Waals surface area (Å²) in [6.07, 6.45) is 6.16. The largest absolute Gasteiger partial charge is 0.399 e. The molecule has 19 heavy (non-hydrogen) atoms. The number of hydrogen-bond donors (Lipinski definition) is 1. The third kappa shape index (κ3) is 3.74. The van der Waals surface area contributed by atoms with Gasteiger partial charge in [0.2, 0.25) is 0 Å². The van der Waals surface area contributed by atoms with E-state index < -0.39 is 0 Å². The molecule has 102 valence electrons. The Morgan fingerprint density at radius 3 is 2.53 bits per heavy atom.